The fraction of sp³-hybridized carbons (Fsp3) is 0.429. The highest BCUT2D eigenvalue weighted by atomic mass is 16.5. The average molecular weight is 218 g/mol. The van der Waals surface area contributed by atoms with Crippen LogP contribution in [0.1, 0.15) is 30.9 Å². The third kappa shape index (κ3) is 1.85. The average Bonchev–Trinajstić information content (AvgIpc) is 2.60. The lowest BCUT2D eigenvalue weighted by Gasteiger charge is -2.11. The van der Waals surface area contributed by atoms with Crippen LogP contribution in [0.3, 0.4) is 0 Å². The molecule has 1 N–H and O–H groups in total. The van der Waals surface area contributed by atoms with E-state index in [0.29, 0.717) is 0 Å². The summed E-state index contributed by atoms with van der Waals surface area (Å²) in [6, 6.07) is 6.18. The maximum Gasteiger partial charge on any atom is 0.126 e. The molecule has 0 amide bonds. The molecule has 0 radical (unpaired) electrons. The maximum absolute atomic E-state index is 9.76. The number of aliphatic hydroxyl groups excluding tert-OH is 1. The standard InChI is InChI=1S/C14H18O2/c1-9-4-7-14(16-3)12(8-9)11-5-6-13(15)10(11)2/h4,7-8,13,15H,5-6H2,1-3H3/t13-/m1/s1. The van der Waals surface area contributed by atoms with Gasteiger partial charge in [0.2, 0.25) is 0 Å². The highest BCUT2D eigenvalue weighted by Gasteiger charge is 2.22. The third-order valence-corrected chi connectivity index (χ3v) is 3.32. The molecule has 1 atom stereocenters. The Kier molecular flexibility index (Phi) is 3.01. The van der Waals surface area contributed by atoms with Crippen molar-refractivity contribution in [3.05, 3.63) is 34.9 Å². The zero-order valence-electron chi connectivity index (χ0n) is 10.1. The summed E-state index contributed by atoms with van der Waals surface area (Å²) in [6.07, 6.45) is 1.49. The van der Waals surface area contributed by atoms with E-state index in [9.17, 15) is 5.11 Å². The van der Waals surface area contributed by atoms with Gasteiger partial charge in [0.05, 0.1) is 13.2 Å². The van der Waals surface area contributed by atoms with Gasteiger partial charge in [0.1, 0.15) is 5.75 Å². The Morgan fingerprint density at radius 3 is 2.62 bits per heavy atom. The van der Waals surface area contributed by atoms with Crippen molar-refractivity contribution in [2.75, 3.05) is 7.11 Å². The summed E-state index contributed by atoms with van der Waals surface area (Å²) < 4.78 is 5.38. The van der Waals surface area contributed by atoms with Gasteiger partial charge in [-0.1, -0.05) is 11.6 Å². The summed E-state index contributed by atoms with van der Waals surface area (Å²) in [5, 5.41) is 9.76. The third-order valence-electron chi connectivity index (χ3n) is 3.32. The van der Waals surface area contributed by atoms with Crippen molar-refractivity contribution in [2.24, 2.45) is 0 Å². The molecule has 0 saturated carbocycles. The van der Waals surface area contributed by atoms with Crippen molar-refractivity contribution in [3.63, 3.8) is 0 Å². The predicted octanol–water partition coefficient (Wildman–Crippen LogP) is 2.93. The van der Waals surface area contributed by atoms with Gasteiger partial charge in [-0.05, 0) is 50.0 Å². The van der Waals surface area contributed by atoms with Gasteiger partial charge in [-0.2, -0.15) is 0 Å². The molecule has 0 unspecified atom stereocenters. The molecule has 1 aliphatic rings. The van der Waals surface area contributed by atoms with Gasteiger partial charge in [0.25, 0.3) is 0 Å². The van der Waals surface area contributed by atoms with Gasteiger partial charge in [0.15, 0.2) is 0 Å². The highest BCUT2D eigenvalue weighted by Crippen LogP contribution is 2.38. The van der Waals surface area contributed by atoms with Gasteiger partial charge < -0.3 is 9.84 Å². The molecule has 0 aliphatic heterocycles. The molecule has 0 heterocycles. The lowest BCUT2D eigenvalue weighted by Crippen LogP contribution is -2.01. The fourth-order valence-electron chi connectivity index (χ4n) is 2.30. The van der Waals surface area contributed by atoms with Crippen LogP contribution in [0.25, 0.3) is 5.57 Å². The van der Waals surface area contributed by atoms with E-state index in [-0.39, 0.29) is 6.10 Å². The summed E-state index contributed by atoms with van der Waals surface area (Å²) in [4.78, 5) is 0. The van der Waals surface area contributed by atoms with E-state index in [0.717, 1.165) is 29.7 Å². The lowest BCUT2D eigenvalue weighted by atomic mass is 9.99. The van der Waals surface area contributed by atoms with Crippen molar-refractivity contribution >= 4 is 5.57 Å². The maximum atomic E-state index is 9.76. The number of hydrogen-bond acceptors (Lipinski definition) is 2. The van der Waals surface area contributed by atoms with Crippen LogP contribution in [-0.2, 0) is 0 Å². The first-order valence-corrected chi connectivity index (χ1v) is 5.66. The van der Waals surface area contributed by atoms with Crippen LogP contribution in [0.15, 0.2) is 23.8 Å². The Balaban J connectivity index is 2.51. The Morgan fingerprint density at radius 1 is 1.31 bits per heavy atom. The SMILES string of the molecule is COc1ccc(C)cc1C1=C(C)[C@H](O)CC1. The Morgan fingerprint density at radius 2 is 2.06 bits per heavy atom. The van der Waals surface area contributed by atoms with Crippen LogP contribution in [0, 0.1) is 6.92 Å². The highest BCUT2D eigenvalue weighted by molar-refractivity contribution is 5.75. The Hall–Kier alpha value is -1.28. The summed E-state index contributed by atoms with van der Waals surface area (Å²) in [7, 11) is 1.69. The fourth-order valence-corrected chi connectivity index (χ4v) is 2.30. The zero-order chi connectivity index (χ0) is 11.7. The largest absolute Gasteiger partial charge is 0.496 e. The van der Waals surface area contributed by atoms with Crippen molar-refractivity contribution in [2.45, 2.75) is 32.8 Å². The molecule has 16 heavy (non-hydrogen) atoms. The minimum Gasteiger partial charge on any atom is -0.496 e. The zero-order valence-corrected chi connectivity index (χ0v) is 10.1. The molecule has 2 nitrogen and oxygen atoms in total. The van der Waals surface area contributed by atoms with Gasteiger partial charge in [-0.15, -0.1) is 0 Å². The molecule has 0 fully saturated rings. The first-order chi connectivity index (χ1) is 7.63. The minimum absolute atomic E-state index is 0.278. The summed E-state index contributed by atoms with van der Waals surface area (Å²) in [5.74, 6) is 0.897. The van der Waals surface area contributed by atoms with Gasteiger partial charge in [-0.25, -0.2) is 0 Å². The van der Waals surface area contributed by atoms with Gasteiger partial charge in [0, 0.05) is 5.56 Å². The molecular weight excluding hydrogens is 200 g/mol. The number of methoxy groups -OCH3 is 1. The van der Waals surface area contributed by atoms with E-state index in [1.807, 2.05) is 19.1 Å². The number of aliphatic hydroxyl groups is 1. The number of ether oxygens (including phenoxy) is 1. The lowest BCUT2D eigenvalue weighted by molar-refractivity contribution is 0.212. The number of rotatable bonds is 2. The van der Waals surface area contributed by atoms with E-state index >= 15 is 0 Å². The Labute approximate surface area is 96.6 Å². The molecule has 86 valence electrons. The van der Waals surface area contributed by atoms with E-state index in [2.05, 4.69) is 13.0 Å². The molecule has 1 aliphatic carbocycles. The minimum atomic E-state index is -0.278. The van der Waals surface area contributed by atoms with E-state index in [4.69, 9.17) is 4.74 Å². The first kappa shape index (κ1) is 11.2. The van der Waals surface area contributed by atoms with Crippen molar-refractivity contribution in [1.29, 1.82) is 0 Å². The van der Waals surface area contributed by atoms with Crippen LogP contribution in [-0.4, -0.2) is 18.3 Å². The normalized spacial score (nSPS) is 20.4. The molecule has 1 aromatic rings. The summed E-state index contributed by atoms with van der Waals surface area (Å²) >= 11 is 0. The predicted molar refractivity (Wildman–Crippen MR) is 65.6 cm³/mol. The topological polar surface area (TPSA) is 29.5 Å². The van der Waals surface area contributed by atoms with Crippen LogP contribution < -0.4 is 4.74 Å². The monoisotopic (exact) mass is 218 g/mol. The van der Waals surface area contributed by atoms with Crippen LogP contribution in [0.5, 0.6) is 5.75 Å². The molecule has 0 aromatic heterocycles. The molecule has 0 bridgehead atoms. The molecule has 2 heteroatoms. The van der Waals surface area contributed by atoms with Crippen LogP contribution in [0.4, 0.5) is 0 Å². The first-order valence-electron chi connectivity index (χ1n) is 5.66. The van der Waals surface area contributed by atoms with Crippen molar-refractivity contribution in [3.8, 4) is 5.75 Å². The molecular formula is C14H18O2. The number of aryl methyl sites for hydroxylation is 1. The van der Waals surface area contributed by atoms with Crippen LogP contribution in [0.2, 0.25) is 0 Å². The van der Waals surface area contributed by atoms with E-state index < -0.39 is 0 Å². The quantitative estimate of drug-likeness (QED) is 0.827. The van der Waals surface area contributed by atoms with Crippen molar-refractivity contribution in [1.82, 2.24) is 0 Å². The molecule has 1 aromatic carbocycles. The van der Waals surface area contributed by atoms with E-state index in [1.54, 1.807) is 7.11 Å². The summed E-state index contributed by atoms with van der Waals surface area (Å²) in [6.45, 7) is 4.08. The van der Waals surface area contributed by atoms with Gasteiger partial charge in [-0.3, -0.25) is 0 Å². The second-order valence-electron chi connectivity index (χ2n) is 4.42. The molecule has 0 saturated heterocycles. The molecule has 0 spiro atoms. The number of benzene rings is 1. The van der Waals surface area contributed by atoms with Crippen LogP contribution >= 0.6 is 0 Å². The van der Waals surface area contributed by atoms with Gasteiger partial charge >= 0.3 is 0 Å². The number of hydrogen-bond donors (Lipinski definition) is 1. The van der Waals surface area contributed by atoms with Crippen molar-refractivity contribution < 1.29 is 9.84 Å². The second-order valence-corrected chi connectivity index (χ2v) is 4.42. The molecule has 2 rings (SSSR count). The smallest absolute Gasteiger partial charge is 0.126 e. The second kappa shape index (κ2) is 4.30. The number of allylic oxidation sites excluding steroid dienone is 1. The Bertz CT molecular complexity index is 432. The summed E-state index contributed by atoms with van der Waals surface area (Å²) in [5.41, 5.74) is 4.69. The van der Waals surface area contributed by atoms with E-state index in [1.165, 1.54) is 11.1 Å².